The van der Waals surface area contributed by atoms with E-state index in [1.807, 2.05) is 30.3 Å². The second-order valence-corrected chi connectivity index (χ2v) is 5.90. The van der Waals surface area contributed by atoms with Gasteiger partial charge in [0.15, 0.2) is 0 Å². The van der Waals surface area contributed by atoms with Gasteiger partial charge >= 0.3 is 13.1 Å². The molecular weight excluding hydrogens is 337 g/mol. The van der Waals surface area contributed by atoms with Gasteiger partial charge in [-0.1, -0.05) is 30.3 Å². The molecule has 1 aromatic carbocycles. The molecule has 2 amide bonds. The number of alkyl carbamates (subject to hydrolysis) is 1. The lowest BCUT2D eigenvalue weighted by Gasteiger charge is -2.22. The number of hydrogen-bond acceptors (Lipinski definition) is 6. The molecule has 0 aromatic heterocycles. The van der Waals surface area contributed by atoms with Crippen LogP contribution in [-0.2, 0) is 21.0 Å². The zero-order chi connectivity index (χ0) is 19.4. The van der Waals surface area contributed by atoms with Gasteiger partial charge in [-0.25, -0.2) is 9.86 Å². The van der Waals surface area contributed by atoms with Crippen molar-refractivity contribution >= 4 is 19.1 Å². The average molecular weight is 365 g/mol. The summed E-state index contributed by atoms with van der Waals surface area (Å²) in [7, 11) is 2.30. The maximum absolute atomic E-state index is 12.3. The number of nitrogens with one attached hydrogen (secondary N) is 2. The van der Waals surface area contributed by atoms with Crippen molar-refractivity contribution in [2.45, 2.75) is 38.7 Å². The summed E-state index contributed by atoms with van der Waals surface area (Å²) in [5.74, 6) is -0.354. The van der Waals surface area contributed by atoms with E-state index < -0.39 is 19.2 Å². The van der Waals surface area contributed by atoms with Crippen LogP contribution < -0.4 is 10.5 Å². The molecule has 0 radical (unpaired) electrons. The van der Waals surface area contributed by atoms with E-state index in [9.17, 15) is 9.59 Å². The molecule has 1 aromatic rings. The van der Waals surface area contributed by atoms with Gasteiger partial charge in [-0.3, -0.25) is 9.63 Å². The van der Waals surface area contributed by atoms with Gasteiger partial charge in [0, 0.05) is 7.05 Å². The molecule has 9 heteroatoms. The van der Waals surface area contributed by atoms with Gasteiger partial charge in [0.05, 0.1) is 7.11 Å². The number of unbranched alkanes of at least 4 members (excludes halogenated alkanes) is 1. The van der Waals surface area contributed by atoms with Crippen LogP contribution in [0.1, 0.15) is 24.8 Å². The molecule has 144 valence electrons. The third-order valence-corrected chi connectivity index (χ3v) is 3.75. The van der Waals surface area contributed by atoms with Crippen molar-refractivity contribution in [1.29, 1.82) is 0 Å². The standard InChI is InChI=1S/C17H28BN3O5/c1-18(24)19-12-8-7-11-15(16(22)21(2)25-3)20-17(23)26-13-14-9-5-4-6-10-14/h4-6,9-10,15,19,24H,7-8,11-13H2,1-3H3,(H,20,23). The molecule has 0 bridgehead atoms. The van der Waals surface area contributed by atoms with E-state index in [0.717, 1.165) is 17.0 Å². The molecule has 1 rings (SSSR count). The van der Waals surface area contributed by atoms with Gasteiger partial charge in [0.1, 0.15) is 12.6 Å². The first-order valence-electron chi connectivity index (χ1n) is 8.64. The molecule has 0 spiro atoms. The Morgan fingerprint density at radius 3 is 2.58 bits per heavy atom. The fourth-order valence-electron chi connectivity index (χ4n) is 2.26. The van der Waals surface area contributed by atoms with Crippen molar-refractivity contribution < 1.29 is 24.2 Å². The summed E-state index contributed by atoms with van der Waals surface area (Å²) < 4.78 is 5.17. The van der Waals surface area contributed by atoms with Crippen LogP contribution in [0.15, 0.2) is 30.3 Å². The van der Waals surface area contributed by atoms with Crippen molar-refractivity contribution in [2.75, 3.05) is 20.7 Å². The number of rotatable bonds is 11. The number of hydroxylamine groups is 2. The van der Waals surface area contributed by atoms with Gasteiger partial charge in [-0.05, 0) is 38.2 Å². The van der Waals surface area contributed by atoms with E-state index in [-0.39, 0.29) is 12.5 Å². The summed E-state index contributed by atoms with van der Waals surface area (Å²) in [6.07, 6.45) is 1.23. The summed E-state index contributed by atoms with van der Waals surface area (Å²) in [4.78, 5) is 29.3. The molecule has 26 heavy (non-hydrogen) atoms. The minimum Gasteiger partial charge on any atom is -0.445 e. The van der Waals surface area contributed by atoms with Crippen LogP contribution in [0, 0.1) is 0 Å². The van der Waals surface area contributed by atoms with Crippen LogP contribution in [-0.4, -0.2) is 55.9 Å². The highest BCUT2D eigenvalue weighted by atomic mass is 16.7. The minimum absolute atomic E-state index is 0.131. The number of carbonyl (C=O) groups excluding carboxylic acids is 2. The van der Waals surface area contributed by atoms with Gasteiger partial charge in [0.25, 0.3) is 5.91 Å². The Hall–Kier alpha value is -2.10. The summed E-state index contributed by atoms with van der Waals surface area (Å²) in [6, 6.07) is 8.56. The Labute approximate surface area is 154 Å². The van der Waals surface area contributed by atoms with Crippen molar-refractivity contribution in [3.05, 3.63) is 35.9 Å². The van der Waals surface area contributed by atoms with Crippen LogP contribution >= 0.6 is 0 Å². The van der Waals surface area contributed by atoms with E-state index in [4.69, 9.17) is 14.6 Å². The number of amides is 2. The monoisotopic (exact) mass is 365 g/mol. The maximum Gasteiger partial charge on any atom is 0.408 e. The van der Waals surface area contributed by atoms with Crippen LogP contribution in [0.25, 0.3) is 0 Å². The predicted octanol–water partition coefficient (Wildman–Crippen LogP) is 1.17. The van der Waals surface area contributed by atoms with E-state index in [1.54, 1.807) is 6.82 Å². The summed E-state index contributed by atoms with van der Waals surface area (Å²) in [6.45, 7) is 2.40. The van der Waals surface area contributed by atoms with Crippen LogP contribution in [0.3, 0.4) is 0 Å². The molecule has 3 N–H and O–H groups in total. The van der Waals surface area contributed by atoms with E-state index in [2.05, 4.69) is 10.5 Å². The Morgan fingerprint density at radius 1 is 1.27 bits per heavy atom. The smallest absolute Gasteiger partial charge is 0.408 e. The van der Waals surface area contributed by atoms with Crippen LogP contribution in [0.5, 0.6) is 0 Å². The second kappa shape index (κ2) is 12.3. The van der Waals surface area contributed by atoms with Gasteiger partial charge in [-0.2, -0.15) is 0 Å². The fraction of sp³-hybridized carbons (Fsp3) is 0.529. The number of likely N-dealkylation sites (N-methyl/N-ethyl adjacent to an activating group) is 1. The third-order valence-electron chi connectivity index (χ3n) is 3.75. The number of benzene rings is 1. The number of ether oxygens (including phenoxy) is 1. The molecule has 0 aliphatic heterocycles. The Balaban J connectivity index is 2.49. The number of nitrogens with zero attached hydrogens (tertiary/aromatic N) is 1. The molecule has 1 unspecified atom stereocenters. The fourth-order valence-corrected chi connectivity index (χ4v) is 2.26. The molecule has 0 aliphatic rings. The topological polar surface area (TPSA) is 100 Å². The SMILES string of the molecule is CON(C)C(=O)C(CCCCNB(C)O)NC(=O)OCc1ccccc1. The van der Waals surface area contributed by atoms with Crippen LogP contribution in [0.4, 0.5) is 4.79 Å². The van der Waals surface area contributed by atoms with E-state index in [0.29, 0.717) is 19.4 Å². The van der Waals surface area contributed by atoms with E-state index >= 15 is 0 Å². The van der Waals surface area contributed by atoms with Gasteiger partial charge in [0.2, 0.25) is 0 Å². The van der Waals surface area contributed by atoms with Crippen molar-refractivity contribution in [2.24, 2.45) is 0 Å². The number of hydrogen-bond donors (Lipinski definition) is 3. The second-order valence-electron chi connectivity index (χ2n) is 5.90. The van der Waals surface area contributed by atoms with Crippen LogP contribution in [0.2, 0.25) is 6.82 Å². The summed E-state index contributed by atoms with van der Waals surface area (Å²) >= 11 is 0. The highest BCUT2D eigenvalue weighted by Crippen LogP contribution is 2.06. The highest BCUT2D eigenvalue weighted by Gasteiger charge is 2.24. The zero-order valence-corrected chi connectivity index (χ0v) is 15.6. The molecule has 0 fully saturated rings. The molecular formula is C17H28BN3O5. The first-order valence-corrected chi connectivity index (χ1v) is 8.64. The van der Waals surface area contributed by atoms with E-state index in [1.165, 1.54) is 14.2 Å². The largest absolute Gasteiger partial charge is 0.445 e. The first kappa shape index (κ1) is 21.9. The molecule has 0 saturated heterocycles. The Kier molecular flexibility index (Phi) is 10.4. The summed E-state index contributed by atoms with van der Waals surface area (Å²) in [5.41, 5.74) is 0.865. The Bertz CT molecular complexity index is 544. The number of carbonyl (C=O) groups is 2. The molecule has 8 nitrogen and oxygen atoms in total. The lowest BCUT2D eigenvalue weighted by atomic mass is 9.89. The highest BCUT2D eigenvalue weighted by molar-refractivity contribution is 6.45. The third kappa shape index (κ3) is 8.84. The molecule has 1 atom stereocenters. The predicted molar refractivity (Wildman–Crippen MR) is 99.0 cm³/mol. The average Bonchev–Trinajstić information content (AvgIpc) is 2.64. The zero-order valence-electron chi connectivity index (χ0n) is 15.6. The maximum atomic E-state index is 12.3. The molecule has 0 heterocycles. The van der Waals surface area contributed by atoms with Gasteiger partial charge < -0.3 is 20.3 Å². The lowest BCUT2D eigenvalue weighted by molar-refractivity contribution is -0.171. The van der Waals surface area contributed by atoms with Crippen molar-refractivity contribution in [1.82, 2.24) is 15.6 Å². The van der Waals surface area contributed by atoms with Crippen molar-refractivity contribution in [3.8, 4) is 0 Å². The Morgan fingerprint density at radius 2 is 1.96 bits per heavy atom. The lowest BCUT2D eigenvalue weighted by Crippen LogP contribution is -2.47. The quantitative estimate of drug-likeness (QED) is 0.309. The minimum atomic E-state index is -0.741. The molecule has 0 saturated carbocycles. The molecule has 0 aliphatic carbocycles. The van der Waals surface area contributed by atoms with Crippen molar-refractivity contribution in [3.63, 3.8) is 0 Å². The van der Waals surface area contributed by atoms with Gasteiger partial charge in [-0.15, -0.1) is 0 Å². The summed E-state index contributed by atoms with van der Waals surface area (Å²) in [5, 5.41) is 15.7. The first-order chi connectivity index (χ1) is 12.4. The normalized spacial score (nSPS) is 11.5.